The van der Waals surface area contributed by atoms with Crippen LogP contribution in [0.5, 0.6) is 0 Å². The molecule has 1 heterocycles. The van der Waals surface area contributed by atoms with E-state index in [1.165, 1.54) is 43.5 Å². The highest BCUT2D eigenvalue weighted by Crippen LogP contribution is 2.34. The molecule has 0 bridgehead atoms. The van der Waals surface area contributed by atoms with E-state index >= 15 is 0 Å². The summed E-state index contributed by atoms with van der Waals surface area (Å²) in [6.07, 6.45) is 4.02. The number of piperidine rings is 1. The van der Waals surface area contributed by atoms with Crippen LogP contribution < -0.4 is 5.32 Å². The summed E-state index contributed by atoms with van der Waals surface area (Å²) < 4.78 is 0. The average molecular weight is 260 g/mol. The van der Waals surface area contributed by atoms with Crippen LogP contribution in [-0.2, 0) is 13.1 Å². The van der Waals surface area contributed by atoms with Crippen molar-refractivity contribution >= 4 is 0 Å². The molecule has 2 rings (SSSR count). The van der Waals surface area contributed by atoms with Gasteiger partial charge in [0.15, 0.2) is 0 Å². The number of hydrogen-bond acceptors (Lipinski definition) is 2. The fourth-order valence-corrected chi connectivity index (χ4v) is 2.83. The molecule has 0 aromatic heterocycles. The number of nitrogens with one attached hydrogen (secondary N) is 1. The molecule has 0 aliphatic carbocycles. The zero-order chi connectivity index (χ0) is 13.7. The smallest absolute Gasteiger partial charge is 0.0233 e. The lowest BCUT2D eigenvalue weighted by Gasteiger charge is -2.39. The van der Waals surface area contributed by atoms with E-state index in [2.05, 4.69) is 48.3 Å². The lowest BCUT2D eigenvalue weighted by atomic mass is 9.78. The fourth-order valence-electron chi connectivity index (χ4n) is 2.83. The second kappa shape index (κ2) is 6.53. The summed E-state index contributed by atoms with van der Waals surface area (Å²) in [6, 6.07) is 9.04. The van der Waals surface area contributed by atoms with Gasteiger partial charge in [-0.2, -0.15) is 0 Å². The second-order valence-electron chi connectivity index (χ2n) is 6.29. The third kappa shape index (κ3) is 4.05. The van der Waals surface area contributed by atoms with E-state index in [0.717, 1.165) is 13.1 Å². The zero-order valence-electron chi connectivity index (χ0n) is 12.7. The quantitative estimate of drug-likeness (QED) is 0.872. The Balaban J connectivity index is 1.85. The highest BCUT2D eigenvalue weighted by Gasteiger charge is 2.27. The predicted molar refractivity (Wildman–Crippen MR) is 82.1 cm³/mol. The molecular formula is C17H28N2. The van der Waals surface area contributed by atoms with Crippen molar-refractivity contribution < 1.29 is 0 Å². The summed E-state index contributed by atoms with van der Waals surface area (Å²) in [5, 5.41) is 3.19. The molecule has 1 N–H and O–H groups in total. The lowest BCUT2D eigenvalue weighted by Crippen LogP contribution is -2.37. The van der Waals surface area contributed by atoms with E-state index in [-0.39, 0.29) is 0 Å². The maximum Gasteiger partial charge on any atom is 0.0233 e. The van der Waals surface area contributed by atoms with Crippen LogP contribution in [0.1, 0.15) is 44.2 Å². The molecule has 1 fully saturated rings. The SMILES string of the molecule is CCC1(C)CCN(Cc2ccc(CNC)cc2)CC1. The summed E-state index contributed by atoms with van der Waals surface area (Å²) in [7, 11) is 1.99. The maximum absolute atomic E-state index is 3.19. The third-order valence-electron chi connectivity index (χ3n) is 4.73. The van der Waals surface area contributed by atoms with Crippen LogP contribution in [0.3, 0.4) is 0 Å². The first kappa shape index (κ1) is 14.5. The van der Waals surface area contributed by atoms with Gasteiger partial charge in [0.05, 0.1) is 0 Å². The second-order valence-corrected chi connectivity index (χ2v) is 6.29. The van der Waals surface area contributed by atoms with Gasteiger partial charge >= 0.3 is 0 Å². The molecule has 1 aliphatic heterocycles. The summed E-state index contributed by atoms with van der Waals surface area (Å²) in [6.45, 7) is 9.34. The number of hydrogen-bond donors (Lipinski definition) is 1. The standard InChI is InChI=1S/C17H28N2/c1-4-17(2)9-11-19(12-10-17)14-16-7-5-15(6-8-16)13-18-3/h5-8,18H,4,9-14H2,1-3H3. The predicted octanol–water partition coefficient (Wildman–Crippen LogP) is 3.42. The molecule has 1 aliphatic rings. The van der Waals surface area contributed by atoms with Crippen LogP contribution in [0.15, 0.2) is 24.3 Å². The molecule has 1 aromatic rings. The van der Waals surface area contributed by atoms with Crippen molar-refractivity contribution in [3.05, 3.63) is 35.4 Å². The summed E-state index contributed by atoms with van der Waals surface area (Å²) in [5.74, 6) is 0. The van der Waals surface area contributed by atoms with Crippen molar-refractivity contribution in [2.24, 2.45) is 5.41 Å². The third-order valence-corrected chi connectivity index (χ3v) is 4.73. The van der Waals surface area contributed by atoms with Gasteiger partial charge in [-0.25, -0.2) is 0 Å². The molecule has 19 heavy (non-hydrogen) atoms. The van der Waals surface area contributed by atoms with Crippen LogP contribution in [0, 0.1) is 5.41 Å². The molecule has 0 spiro atoms. The molecule has 0 saturated carbocycles. The highest BCUT2D eigenvalue weighted by atomic mass is 15.1. The van der Waals surface area contributed by atoms with E-state index in [1.807, 2.05) is 7.05 Å². The summed E-state index contributed by atoms with van der Waals surface area (Å²) >= 11 is 0. The van der Waals surface area contributed by atoms with Crippen LogP contribution in [0.4, 0.5) is 0 Å². The van der Waals surface area contributed by atoms with Gasteiger partial charge in [-0.3, -0.25) is 4.90 Å². The Morgan fingerprint density at radius 1 is 1.11 bits per heavy atom. The van der Waals surface area contributed by atoms with E-state index in [9.17, 15) is 0 Å². The normalized spacial score (nSPS) is 19.5. The Kier molecular flexibility index (Phi) is 5.00. The van der Waals surface area contributed by atoms with Gasteiger partial charge in [-0.15, -0.1) is 0 Å². The molecule has 2 nitrogen and oxygen atoms in total. The van der Waals surface area contributed by atoms with Gasteiger partial charge < -0.3 is 5.32 Å². The minimum atomic E-state index is 0.590. The molecular weight excluding hydrogens is 232 g/mol. The molecule has 1 saturated heterocycles. The van der Waals surface area contributed by atoms with Crippen LogP contribution in [0.2, 0.25) is 0 Å². The minimum Gasteiger partial charge on any atom is -0.316 e. The van der Waals surface area contributed by atoms with Gasteiger partial charge in [-0.1, -0.05) is 44.5 Å². The Morgan fingerprint density at radius 3 is 2.21 bits per heavy atom. The Morgan fingerprint density at radius 2 is 1.68 bits per heavy atom. The molecule has 0 unspecified atom stereocenters. The van der Waals surface area contributed by atoms with Crippen molar-refractivity contribution in [1.29, 1.82) is 0 Å². The summed E-state index contributed by atoms with van der Waals surface area (Å²) in [5.41, 5.74) is 3.40. The average Bonchev–Trinajstić information content (AvgIpc) is 2.44. The van der Waals surface area contributed by atoms with Crippen LogP contribution in [0.25, 0.3) is 0 Å². The molecule has 0 atom stereocenters. The molecule has 0 amide bonds. The molecule has 0 radical (unpaired) electrons. The Labute approximate surface area is 118 Å². The van der Waals surface area contributed by atoms with Crippen molar-refractivity contribution in [3.8, 4) is 0 Å². The number of likely N-dealkylation sites (tertiary alicyclic amines) is 1. The number of benzene rings is 1. The van der Waals surface area contributed by atoms with Crippen molar-refractivity contribution in [2.75, 3.05) is 20.1 Å². The van der Waals surface area contributed by atoms with E-state index in [1.54, 1.807) is 0 Å². The first-order valence-corrected chi connectivity index (χ1v) is 7.60. The number of rotatable bonds is 5. The molecule has 2 heteroatoms. The van der Waals surface area contributed by atoms with Crippen LogP contribution in [-0.4, -0.2) is 25.0 Å². The number of nitrogens with zero attached hydrogens (tertiary/aromatic N) is 1. The van der Waals surface area contributed by atoms with Crippen molar-refractivity contribution in [3.63, 3.8) is 0 Å². The van der Waals surface area contributed by atoms with Crippen molar-refractivity contribution in [2.45, 2.75) is 46.2 Å². The van der Waals surface area contributed by atoms with E-state index in [0.29, 0.717) is 5.41 Å². The van der Waals surface area contributed by atoms with Gasteiger partial charge in [0, 0.05) is 13.1 Å². The van der Waals surface area contributed by atoms with Crippen LogP contribution >= 0.6 is 0 Å². The minimum absolute atomic E-state index is 0.590. The largest absolute Gasteiger partial charge is 0.316 e. The van der Waals surface area contributed by atoms with Gasteiger partial charge in [0.25, 0.3) is 0 Å². The first-order chi connectivity index (χ1) is 9.15. The van der Waals surface area contributed by atoms with Gasteiger partial charge in [0.1, 0.15) is 0 Å². The Bertz CT molecular complexity index is 375. The van der Waals surface area contributed by atoms with Crippen molar-refractivity contribution in [1.82, 2.24) is 10.2 Å². The first-order valence-electron chi connectivity index (χ1n) is 7.60. The molecule has 106 valence electrons. The van der Waals surface area contributed by atoms with Gasteiger partial charge in [0.2, 0.25) is 0 Å². The van der Waals surface area contributed by atoms with E-state index in [4.69, 9.17) is 0 Å². The maximum atomic E-state index is 3.19. The topological polar surface area (TPSA) is 15.3 Å². The zero-order valence-corrected chi connectivity index (χ0v) is 12.7. The fraction of sp³-hybridized carbons (Fsp3) is 0.647. The van der Waals surface area contributed by atoms with Gasteiger partial charge in [-0.05, 0) is 49.5 Å². The molecule has 1 aromatic carbocycles. The van der Waals surface area contributed by atoms with E-state index < -0.39 is 0 Å². The highest BCUT2D eigenvalue weighted by molar-refractivity contribution is 5.22. The monoisotopic (exact) mass is 260 g/mol. The lowest BCUT2D eigenvalue weighted by molar-refractivity contribution is 0.109. The summed E-state index contributed by atoms with van der Waals surface area (Å²) in [4.78, 5) is 2.60. The Hall–Kier alpha value is -0.860.